The summed E-state index contributed by atoms with van der Waals surface area (Å²) in [6, 6.07) is 11.8. The number of hydrazone groups is 1. The van der Waals surface area contributed by atoms with Gasteiger partial charge in [0, 0.05) is 25.0 Å². The van der Waals surface area contributed by atoms with Crippen molar-refractivity contribution in [2.45, 2.75) is 12.1 Å². The van der Waals surface area contributed by atoms with Gasteiger partial charge in [0.05, 0.1) is 17.8 Å². The maximum absolute atomic E-state index is 13.3. The van der Waals surface area contributed by atoms with Crippen molar-refractivity contribution in [3.05, 3.63) is 70.2 Å². The maximum atomic E-state index is 13.3. The SMILES string of the molecule is CSC(=NS(=O)(=O)N(C)C)N1CC(c2cccc(C(F)(F)F)c2)C(c2ccc(Cl)cc2)=N1. The zero-order valence-corrected chi connectivity index (χ0v) is 19.7. The topological polar surface area (TPSA) is 65.3 Å². The smallest absolute Gasteiger partial charge is 0.240 e. The summed E-state index contributed by atoms with van der Waals surface area (Å²) in [5.74, 6) is -0.544. The van der Waals surface area contributed by atoms with Crippen molar-refractivity contribution in [1.29, 1.82) is 0 Å². The molecule has 2 aromatic carbocycles. The van der Waals surface area contributed by atoms with Gasteiger partial charge < -0.3 is 0 Å². The van der Waals surface area contributed by atoms with Crippen molar-refractivity contribution in [2.24, 2.45) is 9.50 Å². The van der Waals surface area contributed by atoms with Crippen LogP contribution in [0.3, 0.4) is 0 Å². The number of thioether (sulfide) groups is 1. The van der Waals surface area contributed by atoms with Gasteiger partial charge in [0.15, 0.2) is 5.17 Å². The van der Waals surface area contributed by atoms with Gasteiger partial charge in [0.25, 0.3) is 0 Å². The summed E-state index contributed by atoms with van der Waals surface area (Å²) in [4.78, 5) is 0. The Hall–Kier alpha value is -2.08. The van der Waals surface area contributed by atoms with Gasteiger partial charge in [-0.2, -0.15) is 31.0 Å². The molecule has 172 valence electrons. The molecule has 3 rings (SSSR count). The molecule has 0 spiro atoms. The van der Waals surface area contributed by atoms with Crippen LogP contribution in [-0.4, -0.2) is 55.5 Å². The molecule has 0 aromatic heterocycles. The van der Waals surface area contributed by atoms with Crippen LogP contribution in [0.2, 0.25) is 5.02 Å². The van der Waals surface area contributed by atoms with Crippen molar-refractivity contribution >= 4 is 44.5 Å². The number of halogens is 4. The molecule has 12 heteroatoms. The van der Waals surface area contributed by atoms with Crippen LogP contribution in [0.5, 0.6) is 0 Å². The predicted molar refractivity (Wildman–Crippen MR) is 122 cm³/mol. The minimum absolute atomic E-state index is 0.111. The molecular formula is C20H20ClF3N4O2S2. The summed E-state index contributed by atoms with van der Waals surface area (Å²) in [5, 5.41) is 6.56. The van der Waals surface area contributed by atoms with Crippen LogP contribution in [0, 0.1) is 0 Å². The number of amidine groups is 1. The summed E-state index contributed by atoms with van der Waals surface area (Å²) >= 11 is 7.06. The summed E-state index contributed by atoms with van der Waals surface area (Å²) in [6.07, 6.45) is -2.84. The molecule has 0 bridgehead atoms. The Morgan fingerprint density at radius 2 is 1.88 bits per heavy atom. The summed E-state index contributed by atoms with van der Waals surface area (Å²) < 4.78 is 69.2. The van der Waals surface area contributed by atoms with Gasteiger partial charge in [-0.15, -0.1) is 4.40 Å². The molecule has 0 fully saturated rings. The van der Waals surface area contributed by atoms with E-state index in [1.807, 2.05) is 0 Å². The van der Waals surface area contributed by atoms with E-state index in [1.54, 1.807) is 36.6 Å². The van der Waals surface area contributed by atoms with Crippen LogP contribution in [0.4, 0.5) is 13.2 Å². The standard InChI is InChI=1S/C20H20ClF3N4O2S2/c1-27(2)32(29,30)26-19(31-3)28-12-17(14-5-4-6-15(11-14)20(22,23)24)18(25-28)13-7-9-16(21)10-8-13/h4-11,17H,12H2,1-3H3. The van der Waals surface area contributed by atoms with Crippen LogP contribution in [0.25, 0.3) is 0 Å². The molecule has 1 aliphatic heterocycles. The van der Waals surface area contributed by atoms with Crippen LogP contribution in [-0.2, 0) is 16.4 Å². The summed E-state index contributed by atoms with van der Waals surface area (Å²) in [5.41, 5.74) is 0.796. The highest BCUT2D eigenvalue weighted by Crippen LogP contribution is 2.35. The Morgan fingerprint density at radius 3 is 2.44 bits per heavy atom. The van der Waals surface area contributed by atoms with Crippen molar-refractivity contribution in [3.8, 4) is 0 Å². The van der Waals surface area contributed by atoms with Crippen molar-refractivity contribution in [2.75, 3.05) is 26.9 Å². The van der Waals surface area contributed by atoms with Crippen molar-refractivity contribution < 1.29 is 21.6 Å². The minimum Gasteiger partial charge on any atom is -0.240 e. The third-order valence-electron chi connectivity index (χ3n) is 4.73. The lowest BCUT2D eigenvalue weighted by atomic mass is 9.89. The highest BCUT2D eigenvalue weighted by atomic mass is 35.5. The second-order valence-electron chi connectivity index (χ2n) is 7.09. The van der Waals surface area contributed by atoms with E-state index < -0.39 is 27.9 Å². The van der Waals surface area contributed by atoms with E-state index >= 15 is 0 Å². The first-order valence-corrected chi connectivity index (χ1v) is 12.3. The van der Waals surface area contributed by atoms with Crippen LogP contribution >= 0.6 is 23.4 Å². The molecule has 0 aliphatic carbocycles. The largest absolute Gasteiger partial charge is 0.416 e. The van der Waals surface area contributed by atoms with Gasteiger partial charge in [-0.25, -0.2) is 5.01 Å². The molecule has 1 heterocycles. The van der Waals surface area contributed by atoms with E-state index in [1.165, 1.54) is 25.2 Å². The van der Waals surface area contributed by atoms with E-state index in [-0.39, 0.29) is 11.7 Å². The van der Waals surface area contributed by atoms with Crippen LogP contribution in [0.15, 0.2) is 58.0 Å². The fourth-order valence-corrected chi connectivity index (χ4v) is 4.55. The lowest BCUT2D eigenvalue weighted by molar-refractivity contribution is -0.137. The average molecular weight is 505 g/mol. The first-order valence-electron chi connectivity index (χ1n) is 9.28. The third kappa shape index (κ3) is 5.45. The quantitative estimate of drug-likeness (QED) is 0.447. The Labute approximate surface area is 194 Å². The minimum atomic E-state index is -4.49. The molecule has 0 saturated heterocycles. The Morgan fingerprint density at radius 1 is 1.22 bits per heavy atom. The molecule has 0 N–H and O–H groups in total. The van der Waals surface area contributed by atoms with Gasteiger partial charge in [-0.1, -0.05) is 53.7 Å². The van der Waals surface area contributed by atoms with E-state index in [4.69, 9.17) is 11.6 Å². The third-order valence-corrected chi connectivity index (χ3v) is 7.09. The molecule has 1 aliphatic rings. The van der Waals surface area contributed by atoms with Crippen LogP contribution < -0.4 is 0 Å². The van der Waals surface area contributed by atoms with Gasteiger partial charge in [0.1, 0.15) is 0 Å². The number of nitrogens with zero attached hydrogens (tertiary/aromatic N) is 4. The number of rotatable bonds is 4. The number of alkyl halides is 3. The lowest BCUT2D eigenvalue weighted by Crippen LogP contribution is -2.27. The highest BCUT2D eigenvalue weighted by molar-refractivity contribution is 8.13. The van der Waals surface area contributed by atoms with Crippen LogP contribution in [0.1, 0.15) is 22.6 Å². The highest BCUT2D eigenvalue weighted by Gasteiger charge is 2.35. The van der Waals surface area contributed by atoms with E-state index in [0.717, 1.165) is 28.2 Å². The normalized spacial score (nSPS) is 17.8. The molecule has 32 heavy (non-hydrogen) atoms. The molecule has 2 aromatic rings. The molecule has 0 amide bonds. The van der Waals surface area contributed by atoms with Gasteiger partial charge in [0.2, 0.25) is 0 Å². The van der Waals surface area contributed by atoms with Crippen molar-refractivity contribution in [3.63, 3.8) is 0 Å². The second-order valence-corrected chi connectivity index (χ2v) is 10.1. The molecular weight excluding hydrogens is 485 g/mol. The summed E-state index contributed by atoms with van der Waals surface area (Å²) in [6.45, 7) is 0.127. The average Bonchev–Trinajstić information content (AvgIpc) is 3.17. The fraction of sp³-hybridized carbons (Fsp3) is 0.300. The Kier molecular flexibility index (Phi) is 7.23. The van der Waals surface area contributed by atoms with Gasteiger partial charge in [-0.3, -0.25) is 0 Å². The maximum Gasteiger partial charge on any atom is 0.416 e. The number of benzene rings is 2. The predicted octanol–water partition coefficient (Wildman–Crippen LogP) is 4.69. The lowest BCUT2D eigenvalue weighted by Gasteiger charge is -2.18. The van der Waals surface area contributed by atoms with Gasteiger partial charge >= 0.3 is 16.4 Å². The first kappa shape index (κ1) is 24.6. The van der Waals surface area contributed by atoms with Crippen molar-refractivity contribution in [1.82, 2.24) is 9.31 Å². The van der Waals surface area contributed by atoms with E-state index in [2.05, 4.69) is 9.50 Å². The molecule has 1 unspecified atom stereocenters. The Balaban J connectivity index is 2.09. The molecule has 6 nitrogen and oxygen atoms in total. The zero-order chi connectivity index (χ0) is 23.7. The monoisotopic (exact) mass is 504 g/mol. The molecule has 1 atom stereocenters. The Bertz CT molecular complexity index is 1150. The molecule has 0 saturated carbocycles. The fourth-order valence-electron chi connectivity index (χ4n) is 3.07. The number of hydrogen-bond donors (Lipinski definition) is 0. The summed E-state index contributed by atoms with van der Waals surface area (Å²) in [7, 11) is -1.21. The van der Waals surface area contributed by atoms with Gasteiger partial charge in [-0.05, 0) is 35.6 Å². The molecule has 0 radical (unpaired) electrons. The van der Waals surface area contributed by atoms with E-state index in [0.29, 0.717) is 21.9 Å². The number of hydrogen-bond acceptors (Lipinski definition) is 4. The first-order chi connectivity index (χ1) is 14.9. The second kappa shape index (κ2) is 9.42. The zero-order valence-electron chi connectivity index (χ0n) is 17.3. The van der Waals surface area contributed by atoms with E-state index in [9.17, 15) is 21.6 Å².